The van der Waals surface area contributed by atoms with E-state index < -0.39 is 0 Å². The molecule has 82 valence electrons. The van der Waals surface area contributed by atoms with E-state index in [-0.39, 0.29) is 5.82 Å². The van der Waals surface area contributed by atoms with E-state index >= 15 is 0 Å². The minimum Gasteiger partial charge on any atom is -0.381 e. The molecule has 1 aromatic rings. The lowest BCUT2D eigenvalue weighted by Gasteiger charge is -2.21. The molecule has 2 heterocycles. The van der Waals surface area contributed by atoms with Gasteiger partial charge in [-0.15, -0.1) is 0 Å². The fourth-order valence-electron chi connectivity index (χ4n) is 1.80. The van der Waals surface area contributed by atoms with E-state index in [1.54, 1.807) is 6.07 Å². The molecule has 0 bridgehead atoms. The second kappa shape index (κ2) is 4.57. The highest BCUT2D eigenvalue weighted by Gasteiger charge is 2.17. The standard InChI is InChI=1S/C11H15FN2O/c1-14(7-9-4-5-15-8-9)11-3-2-10(12)6-13-11/h2-3,6,9H,4-5,7-8H2,1H3/t9-/m0/s1. The van der Waals surface area contributed by atoms with Gasteiger partial charge in [0.2, 0.25) is 0 Å². The SMILES string of the molecule is CN(C[C@@H]1CCOC1)c1ccc(F)cn1. The third kappa shape index (κ3) is 2.65. The Morgan fingerprint density at radius 2 is 2.47 bits per heavy atom. The lowest BCUT2D eigenvalue weighted by molar-refractivity contribution is 0.186. The summed E-state index contributed by atoms with van der Waals surface area (Å²) in [4.78, 5) is 6.07. The van der Waals surface area contributed by atoms with Gasteiger partial charge in [-0.2, -0.15) is 0 Å². The quantitative estimate of drug-likeness (QED) is 0.759. The Labute approximate surface area is 88.9 Å². The second-order valence-electron chi connectivity index (χ2n) is 3.94. The zero-order valence-corrected chi connectivity index (χ0v) is 8.82. The number of anilines is 1. The van der Waals surface area contributed by atoms with Crippen molar-refractivity contribution in [3.8, 4) is 0 Å². The molecule has 0 saturated carbocycles. The van der Waals surface area contributed by atoms with Crippen LogP contribution in [0.15, 0.2) is 18.3 Å². The van der Waals surface area contributed by atoms with Gasteiger partial charge < -0.3 is 9.64 Å². The van der Waals surface area contributed by atoms with Crippen molar-refractivity contribution in [2.75, 3.05) is 31.7 Å². The Kier molecular flexibility index (Phi) is 3.16. The van der Waals surface area contributed by atoms with E-state index in [0.29, 0.717) is 5.92 Å². The number of hydrogen-bond donors (Lipinski definition) is 0. The molecule has 0 N–H and O–H groups in total. The van der Waals surface area contributed by atoms with Crippen molar-refractivity contribution < 1.29 is 9.13 Å². The normalized spacial score (nSPS) is 20.5. The van der Waals surface area contributed by atoms with Gasteiger partial charge in [0.05, 0.1) is 12.8 Å². The average molecular weight is 210 g/mol. The van der Waals surface area contributed by atoms with Crippen molar-refractivity contribution in [3.05, 3.63) is 24.1 Å². The van der Waals surface area contributed by atoms with Crippen LogP contribution >= 0.6 is 0 Å². The molecule has 2 rings (SSSR count). The van der Waals surface area contributed by atoms with E-state index in [9.17, 15) is 4.39 Å². The number of hydrogen-bond acceptors (Lipinski definition) is 3. The van der Waals surface area contributed by atoms with Crippen molar-refractivity contribution in [1.29, 1.82) is 0 Å². The molecule has 0 radical (unpaired) electrons. The molecule has 1 atom stereocenters. The zero-order valence-electron chi connectivity index (χ0n) is 8.82. The molecule has 1 aliphatic heterocycles. The monoisotopic (exact) mass is 210 g/mol. The Bertz CT molecular complexity index is 309. The lowest BCUT2D eigenvalue weighted by Crippen LogP contribution is -2.26. The van der Waals surface area contributed by atoms with Crippen molar-refractivity contribution in [2.24, 2.45) is 5.92 Å². The number of pyridine rings is 1. The number of nitrogens with zero attached hydrogens (tertiary/aromatic N) is 2. The first-order chi connectivity index (χ1) is 7.25. The van der Waals surface area contributed by atoms with E-state index in [4.69, 9.17) is 4.74 Å². The summed E-state index contributed by atoms with van der Waals surface area (Å²) in [6.07, 6.45) is 2.35. The molecule has 1 aliphatic rings. The highest BCUT2D eigenvalue weighted by atomic mass is 19.1. The van der Waals surface area contributed by atoms with Gasteiger partial charge in [-0.1, -0.05) is 0 Å². The maximum absolute atomic E-state index is 12.7. The first-order valence-corrected chi connectivity index (χ1v) is 5.16. The summed E-state index contributed by atoms with van der Waals surface area (Å²) in [5, 5.41) is 0. The Balaban J connectivity index is 1.94. The van der Waals surface area contributed by atoms with Crippen LogP contribution in [-0.2, 0) is 4.74 Å². The van der Waals surface area contributed by atoms with E-state index in [0.717, 1.165) is 32.0 Å². The fraction of sp³-hybridized carbons (Fsp3) is 0.545. The van der Waals surface area contributed by atoms with Crippen LogP contribution in [0.25, 0.3) is 0 Å². The topological polar surface area (TPSA) is 25.4 Å². The molecule has 0 amide bonds. The molecular weight excluding hydrogens is 195 g/mol. The van der Waals surface area contributed by atoms with Crippen LogP contribution in [0.3, 0.4) is 0 Å². The number of ether oxygens (including phenoxy) is 1. The van der Waals surface area contributed by atoms with Crippen LogP contribution in [0.1, 0.15) is 6.42 Å². The van der Waals surface area contributed by atoms with Gasteiger partial charge in [0.1, 0.15) is 11.6 Å². The molecule has 15 heavy (non-hydrogen) atoms. The molecule has 0 unspecified atom stereocenters. The minimum atomic E-state index is -0.295. The molecule has 1 fully saturated rings. The van der Waals surface area contributed by atoms with Gasteiger partial charge >= 0.3 is 0 Å². The van der Waals surface area contributed by atoms with Crippen LogP contribution < -0.4 is 4.90 Å². The Morgan fingerprint density at radius 1 is 1.60 bits per heavy atom. The predicted octanol–water partition coefficient (Wildman–Crippen LogP) is 1.69. The maximum atomic E-state index is 12.7. The maximum Gasteiger partial charge on any atom is 0.141 e. The van der Waals surface area contributed by atoms with E-state index in [2.05, 4.69) is 4.98 Å². The summed E-state index contributed by atoms with van der Waals surface area (Å²) in [5.41, 5.74) is 0. The Morgan fingerprint density at radius 3 is 3.07 bits per heavy atom. The summed E-state index contributed by atoms with van der Waals surface area (Å²) < 4.78 is 18.0. The highest BCUT2D eigenvalue weighted by molar-refractivity contribution is 5.36. The molecule has 1 saturated heterocycles. The summed E-state index contributed by atoms with van der Waals surface area (Å²) in [5.74, 6) is 1.08. The molecular formula is C11H15FN2O. The summed E-state index contributed by atoms with van der Waals surface area (Å²) in [6, 6.07) is 3.13. The largest absolute Gasteiger partial charge is 0.381 e. The van der Waals surface area contributed by atoms with E-state index in [1.165, 1.54) is 12.3 Å². The minimum absolute atomic E-state index is 0.295. The van der Waals surface area contributed by atoms with Gasteiger partial charge in [0.25, 0.3) is 0 Å². The third-order valence-electron chi connectivity index (χ3n) is 2.66. The summed E-state index contributed by atoms with van der Waals surface area (Å²) >= 11 is 0. The second-order valence-corrected chi connectivity index (χ2v) is 3.94. The van der Waals surface area contributed by atoms with Crippen molar-refractivity contribution in [1.82, 2.24) is 4.98 Å². The average Bonchev–Trinajstić information content (AvgIpc) is 2.71. The van der Waals surface area contributed by atoms with Crippen LogP contribution in [-0.4, -0.2) is 31.8 Å². The highest BCUT2D eigenvalue weighted by Crippen LogP contribution is 2.16. The van der Waals surface area contributed by atoms with Gasteiger partial charge in [-0.3, -0.25) is 0 Å². The number of aromatic nitrogens is 1. The van der Waals surface area contributed by atoms with E-state index in [1.807, 2.05) is 11.9 Å². The van der Waals surface area contributed by atoms with Crippen LogP contribution in [0.2, 0.25) is 0 Å². The summed E-state index contributed by atoms with van der Waals surface area (Å²) in [6.45, 7) is 2.60. The fourth-order valence-corrected chi connectivity index (χ4v) is 1.80. The Hall–Kier alpha value is -1.16. The molecule has 0 aromatic carbocycles. The smallest absolute Gasteiger partial charge is 0.141 e. The van der Waals surface area contributed by atoms with Crippen LogP contribution in [0, 0.1) is 11.7 Å². The first kappa shape index (κ1) is 10.4. The van der Waals surface area contributed by atoms with Gasteiger partial charge in [0.15, 0.2) is 0 Å². The third-order valence-corrected chi connectivity index (χ3v) is 2.66. The van der Waals surface area contributed by atoms with Crippen LogP contribution in [0.5, 0.6) is 0 Å². The molecule has 0 spiro atoms. The van der Waals surface area contributed by atoms with Crippen molar-refractivity contribution >= 4 is 5.82 Å². The van der Waals surface area contributed by atoms with Gasteiger partial charge in [-0.05, 0) is 18.6 Å². The number of halogens is 1. The summed E-state index contributed by atoms with van der Waals surface area (Å²) in [7, 11) is 1.97. The molecule has 1 aromatic heterocycles. The van der Waals surface area contributed by atoms with Crippen molar-refractivity contribution in [2.45, 2.75) is 6.42 Å². The van der Waals surface area contributed by atoms with Gasteiger partial charge in [-0.25, -0.2) is 9.37 Å². The molecule has 4 heteroatoms. The lowest BCUT2D eigenvalue weighted by atomic mass is 10.1. The van der Waals surface area contributed by atoms with Crippen LogP contribution in [0.4, 0.5) is 10.2 Å². The zero-order chi connectivity index (χ0) is 10.7. The van der Waals surface area contributed by atoms with Gasteiger partial charge in [0, 0.05) is 26.1 Å². The predicted molar refractivity (Wildman–Crippen MR) is 56.4 cm³/mol. The first-order valence-electron chi connectivity index (χ1n) is 5.16. The number of rotatable bonds is 3. The molecule has 3 nitrogen and oxygen atoms in total. The molecule has 0 aliphatic carbocycles. The van der Waals surface area contributed by atoms with Crippen molar-refractivity contribution in [3.63, 3.8) is 0 Å².